The largest absolute Gasteiger partial charge is 0.206 e. The van der Waals surface area contributed by atoms with Crippen LogP contribution in [0.2, 0.25) is 0 Å². The Bertz CT molecular complexity index is 797. The fourth-order valence-corrected chi connectivity index (χ4v) is 2.93. The Hall–Kier alpha value is -2.41. The van der Waals surface area contributed by atoms with Crippen molar-refractivity contribution in [3.63, 3.8) is 0 Å². The highest BCUT2D eigenvalue weighted by Gasteiger charge is 2.23. The molecular weight excluding hydrogens is 283 g/mol. The van der Waals surface area contributed by atoms with E-state index in [1.165, 1.54) is 0 Å². The molecule has 0 nitrogen and oxygen atoms in total. The molecule has 0 aliphatic heterocycles. The Labute approximate surface area is 137 Å². The van der Waals surface area contributed by atoms with E-state index in [0.29, 0.717) is 11.1 Å². The summed E-state index contributed by atoms with van der Waals surface area (Å²) in [5.74, 6) is -0.144. The third-order valence-electron chi connectivity index (χ3n) is 4.10. The highest BCUT2D eigenvalue weighted by molar-refractivity contribution is 5.77. The predicted molar refractivity (Wildman–Crippen MR) is 96.0 cm³/mol. The number of hydrogen-bond donors (Lipinski definition) is 0. The number of halogens is 1. The van der Waals surface area contributed by atoms with Crippen LogP contribution in [0.1, 0.15) is 26.3 Å². The fourth-order valence-electron chi connectivity index (χ4n) is 2.93. The van der Waals surface area contributed by atoms with E-state index in [2.05, 4.69) is 26.8 Å². The van der Waals surface area contributed by atoms with Crippen molar-refractivity contribution in [1.82, 2.24) is 0 Å². The first-order valence-corrected chi connectivity index (χ1v) is 7.92. The molecule has 0 unspecified atom stereocenters. The van der Waals surface area contributed by atoms with Crippen molar-refractivity contribution in [2.75, 3.05) is 0 Å². The molecule has 0 aromatic heterocycles. The van der Waals surface area contributed by atoms with E-state index >= 15 is 4.39 Å². The van der Waals surface area contributed by atoms with Crippen LogP contribution in [0.5, 0.6) is 0 Å². The molecule has 23 heavy (non-hydrogen) atoms. The molecule has 0 bridgehead atoms. The van der Waals surface area contributed by atoms with E-state index in [0.717, 1.165) is 16.7 Å². The highest BCUT2D eigenvalue weighted by atomic mass is 19.1. The van der Waals surface area contributed by atoms with Crippen molar-refractivity contribution in [2.45, 2.75) is 26.2 Å². The van der Waals surface area contributed by atoms with Gasteiger partial charge >= 0.3 is 0 Å². The molecule has 0 fully saturated rings. The van der Waals surface area contributed by atoms with E-state index in [1.807, 2.05) is 66.7 Å². The van der Waals surface area contributed by atoms with E-state index in [-0.39, 0.29) is 11.2 Å². The monoisotopic (exact) mass is 304 g/mol. The molecule has 0 aliphatic carbocycles. The SMILES string of the molecule is CC(C)(C)c1ccc(-c2ccccc2)c(F)c1-c1ccccc1. The Morgan fingerprint density at radius 3 is 1.70 bits per heavy atom. The second kappa shape index (κ2) is 6.00. The maximum atomic E-state index is 15.4. The highest BCUT2D eigenvalue weighted by Crippen LogP contribution is 2.38. The van der Waals surface area contributed by atoms with Gasteiger partial charge in [0.1, 0.15) is 5.82 Å². The molecule has 3 rings (SSSR count). The van der Waals surface area contributed by atoms with Crippen molar-refractivity contribution < 1.29 is 4.39 Å². The third kappa shape index (κ3) is 3.05. The molecule has 116 valence electrons. The van der Waals surface area contributed by atoms with Gasteiger partial charge in [-0.05, 0) is 22.1 Å². The fraction of sp³-hybridized carbons (Fsp3) is 0.182. The van der Waals surface area contributed by atoms with Gasteiger partial charge in [-0.3, -0.25) is 0 Å². The molecule has 0 saturated carbocycles. The van der Waals surface area contributed by atoms with Crippen molar-refractivity contribution in [1.29, 1.82) is 0 Å². The molecule has 3 aromatic rings. The molecule has 0 heterocycles. The third-order valence-corrected chi connectivity index (χ3v) is 4.10. The first-order chi connectivity index (χ1) is 11.0. The maximum Gasteiger partial charge on any atom is 0.139 e. The molecule has 1 heteroatoms. The predicted octanol–water partition coefficient (Wildman–Crippen LogP) is 6.46. The van der Waals surface area contributed by atoms with Crippen molar-refractivity contribution in [2.24, 2.45) is 0 Å². The summed E-state index contributed by atoms with van der Waals surface area (Å²) < 4.78 is 15.4. The summed E-state index contributed by atoms with van der Waals surface area (Å²) >= 11 is 0. The van der Waals surface area contributed by atoms with Crippen molar-refractivity contribution in [3.05, 3.63) is 84.2 Å². The smallest absolute Gasteiger partial charge is 0.139 e. The van der Waals surface area contributed by atoms with Crippen LogP contribution in [0.3, 0.4) is 0 Å². The lowest BCUT2D eigenvalue weighted by Gasteiger charge is -2.25. The van der Waals surface area contributed by atoms with E-state index in [4.69, 9.17) is 0 Å². The molecule has 0 aliphatic rings. The first kappa shape index (κ1) is 15.5. The van der Waals surface area contributed by atoms with Crippen LogP contribution < -0.4 is 0 Å². The zero-order valence-electron chi connectivity index (χ0n) is 13.8. The van der Waals surface area contributed by atoms with Crippen LogP contribution in [0.15, 0.2) is 72.8 Å². The standard InChI is InChI=1S/C22H21F/c1-22(2,3)19-15-14-18(16-10-6-4-7-11-16)21(23)20(19)17-12-8-5-9-13-17/h4-15H,1-3H3. The molecule has 0 spiro atoms. The Morgan fingerprint density at radius 2 is 1.17 bits per heavy atom. The van der Waals surface area contributed by atoms with Crippen LogP contribution in [-0.4, -0.2) is 0 Å². The minimum absolute atomic E-state index is 0.124. The minimum Gasteiger partial charge on any atom is -0.206 e. The summed E-state index contributed by atoms with van der Waals surface area (Å²) in [7, 11) is 0. The van der Waals surface area contributed by atoms with E-state index in [1.54, 1.807) is 0 Å². The summed E-state index contributed by atoms with van der Waals surface area (Å²) in [6.07, 6.45) is 0. The average Bonchev–Trinajstić information content (AvgIpc) is 2.55. The van der Waals surface area contributed by atoms with Crippen molar-refractivity contribution >= 4 is 0 Å². The minimum atomic E-state index is -0.144. The molecule has 3 aromatic carbocycles. The van der Waals surface area contributed by atoms with Crippen LogP contribution in [-0.2, 0) is 5.41 Å². The molecular formula is C22H21F. The quantitative estimate of drug-likeness (QED) is 0.510. The topological polar surface area (TPSA) is 0 Å². The van der Waals surface area contributed by atoms with Gasteiger partial charge in [-0.2, -0.15) is 0 Å². The summed E-state index contributed by atoms with van der Waals surface area (Å²) in [4.78, 5) is 0. The number of hydrogen-bond acceptors (Lipinski definition) is 0. The molecule has 0 saturated heterocycles. The lowest BCUT2D eigenvalue weighted by Crippen LogP contribution is -2.14. The molecule has 0 amide bonds. The Kier molecular flexibility index (Phi) is 4.04. The van der Waals surface area contributed by atoms with Gasteiger partial charge in [0.05, 0.1) is 0 Å². The molecule has 0 N–H and O–H groups in total. The summed E-state index contributed by atoms with van der Waals surface area (Å²) in [6, 6.07) is 23.5. The number of rotatable bonds is 2. The summed E-state index contributed by atoms with van der Waals surface area (Å²) in [5, 5.41) is 0. The van der Waals surface area contributed by atoms with Gasteiger partial charge in [0.15, 0.2) is 0 Å². The van der Waals surface area contributed by atoms with Gasteiger partial charge in [0.25, 0.3) is 0 Å². The van der Waals surface area contributed by atoms with Crippen LogP contribution in [0.25, 0.3) is 22.3 Å². The second-order valence-corrected chi connectivity index (χ2v) is 6.83. The Balaban J connectivity index is 2.29. The Morgan fingerprint density at radius 1 is 0.652 bits per heavy atom. The maximum absolute atomic E-state index is 15.4. The zero-order chi connectivity index (χ0) is 16.4. The van der Waals surface area contributed by atoms with Crippen LogP contribution in [0.4, 0.5) is 4.39 Å². The van der Waals surface area contributed by atoms with Gasteiger partial charge in [-0.25, -0.2) is 4.39 Å². The molecule has 0 radical (unpaired) electrons. The van der Waals surface area contributed by atoms with E-state index < -0.39 is 0 Å². The summed E-state index contributed by atoms with van der Waals surface area (Å²) in [6.45, 7) is 6.36. The average molecular weight is 304 g/mol. The van der Waals surface area contributed by atoms with Gasteiger partial charge in [-0.1, -0.05) is 93.6 Å². The summed E-state index contributed by atoms with van der Waals surface area (Å²) in [5.41, 5.74) is 4.09. The normalized spacial score (nSPS) is 11.5. The van der Waals surface area contributed by atoms with Gasteiger partial charge < -0.3 is 0 Å². The lowest BCUT2D eigenvalue weighted by atomic mass is 9.80. The van der Waals surface area contributed by atoms with Gasteiger partial charge in [-0.15, -0.1) is 0 Å². The van der Waals surface area contributed by atoms with Crippen LogP contribution >= 0.6 is 0 Å². The lowest BCUT2D eigenvalue weighted by molar-refractivity contribution is 0.577. The number of benzene rings is 3. The molecule has 0 atom stereocenters. The first-order valence-electron chi connectivity index (χ1n) is 7.92. The zero-order valence-corrected chi connectivity index (χ0v) is 13.8. The van der Waals surface area contributed by atoms with Gasteiger partial charge in [0.2, 0.25) is 0 Å². The van der Waals surface area contributed by atoms with E-state index in [9.17, 15) is 0 Å². The van der Waals surface area contributed by atoms with Gasteiger partial charge in [0, 0.05) is 11.1 Å². The van der Waals surface area contributed by atoms with Crippen LogP contribution in [0, 0.1) is 5.82 Å². The van der Waals surface area contributed by atoms with Crippen molar-refractivity contribution in [3.8, 4) is 22.3 Å². The second-order valence-electron chi connectivity index (χ2n) is 6.83.